The number of rotatable bonds is 6. The fourth-order valence-electron chi connectivity index (χ4n) is 3.46. The number of nitrogens with zero attached hydrogens (tertiary/aromatic N) is 5. The van der Waals surface area contributed by atoms with Crippen LogP contribution >= 0.6 is 11.8 Å². The van der Waals surface area contributed by atoms with Crippen LogP contribution in [0.5, 0.6) is 5.88 Å². The van der Waals surface area contributed by atoms with Crippen molar-refractivity contribution in [2.24, 2.45) is 5.92 Å². The van der Waals surface area contributed by atoms with Gasteiger partial charge in [0.05, 0.1) is 17.6 Å². The molecule has 3 aromatic rings. The molecule has 1 aliphatic rings. The molecule has 0 radical (unpaired) electrons. The Morgan fingerprint density at radius 1 is 1.21 bits per heavy atom. The van der Waals surface area contributed by atoms with Crippen molar-refractivity contribution in [1.82, 2.24) is 24.4 Å². The van der Waals surface area contributed by atoms with Gasteiger partial charge in [-0.25, -0.2) is 23.5 Å². The number of alkyl halides is 2. The molecule has 1 aliphatic heterocycles. The lowest BCUT2D eigenvalue weighted by molar-refractivity contribution is -0.00812. The predicted molar refractivity (Wildman–Crippen MR) is 120 cm³/mol. The van der Waals surface area contributed by atoms with Crippen LogP contribution in [0.15, 0.2) is 35.5 Å². The Morgan fingerprint density at radius 2 is 1.94 bits per heavy atom. The highest BCUT2D eigenvalue weighted by Crippen LogP contribution is 2.29. The molecule has 0 spiro atoms. The van der Waals surface area contributed by atoms with Gasteiger partial charge >= 0.3 is 6.09 Å². The van der Waals surface area contributed by atoms with E-state index in [-0.39, 0.29) is 29.5 Å². The number of benzene rings is 1. The van der Waals surface area contributed by atoms with Gasteiger partial charge in [0, 0.05) is 25.1 Å². The Hall–Kier alpha value is -2.95. The van der Waals surface area contributed by atoms with Crippen LogP contribution in [0, 0.1) is 5.92 Å². The zero-order valence-electron chi connectivity index (χ0n) is 18.8. The van der Waals surface area contributed by atoms with Crippen molar-refractivity contribution in [2.45, 2.75) is 38.0 Å². The van der Waals surface area contributed by atoms with Crippen molar-refractivity contribution in [3.8, 4) is 11.7 Å². The van der Waals surface area contributed by atoms with Crippen LogP contribution in [0.4, 0.5) is 13.6 Å². The first-order valence-corrected chi connectivity index (χ1v) is 11.7. The maximum atomic E-state index is 13.7. The molecule has 1 aromatic carbocycles. The van der Waals surface area contributed by atoms with E-state index >= 15 is 0 Å². The van der Waals surface area contributed by atoms with Crippen molar-refractivity contribution in [3.05, 3.63) is 36.2 Å². The Labute approximate surface area is 194 Å². The number of aromatic nitrogens is 4. The number of hydrogen-bond donors (Lipinski definition) is 0. The molecular weight excluding hydrogens is 452 g/mol. The molecule has 0 N–H and O–H groups in total. The minimum atomic E-state index is -2.77. The summed E-state index contributed by atoms with van der Waals surface area (Å²) in [6, 6.07) is 8.44. The lowest BCUT2D eigenvalue weighted by Gasteiger charge is -2.39. The number of amides is 1. The summed E-state index contributed by atoms with van der Waals surface area (Å²) >= 11 is 1.28. The highest BCUT2D eigenvalue weighted by Gasteiger charge is 2.34. The maximum Gasteiger partial charge on any atom is 0.410 e. The standard InChI is InChI=1S/C22H25F2N5O3S/c1-22(2,3)32-21(30)28-10-13(11-28)12-31-17-9-16(26-20(27-17)33-4)29-15-8-6-5-7-14(15)25-19(29)18(23)24/h5-9,13,18H,10-12H2,1-4H3. The van der Waals surface area contributed by atoms with E-state index in [4.69, 9.17) is 9.47 Å². The Kier molecular flexibility index (Phi) is 6.42. The highest BCUT2D eigenvalue weighted by atomic mass is 32.2. The molecule has 1 amide bonds. The van der Waals surface area contributed by atoms with Gasteiger partial charge in [-0.2, -0.15) is 4.98 Å². The number of imidazole rings is 1. The zero-order chi connectivity index (χ0) is 23.8. The van der Waals surface area contributed by atoms with Crippen molar-refractivity contribution in [1.29, 1.82) is 0 Å². The smallest absolute Gasteiger partial charge is 0.410 e. The minimum absolute atomic E-state index is 0.124. The first-order valence-electron chi connectivity index (χ1n) is 10.4. The third kappa shape index (κ3) is 5.18. The molecule has 176 valence electrons. The zero-order valence-corrected chi connectivity index (χ0v) is 19.6. The van der Waals surface area contributed by atoms with Gasteiger partial charge in [-0.1, -0.05) is 23.9 Å². The molecule has 33 heavy (non-hydrogen) atoms. The van der Waals surface area contributed by atoms with Crippen molar-refractivity contribution >= 4 is 28.9 Å². The van der Waals surface area contributed by atoms with Crippen molar-refractivity contribution < 1.29 is 23.0 Å². The minimum Gasteiger partial charge on any atom is -0.477 e. The normalized spacial score (nSPS) is 14.6. The molecule has 0 aliphatic carbocycles. The number of carbonyl (C=O) groups excluding carboxylic acids is 1. The summed E-state index contributed by atoms with van der Waals surface area (Å²) in [4.78, 5) is 26.5. The van der Waals surface area contributed by atoms with E-state index < -0.39 is 12.0 Å². The summed E-state index contributed by atoms with van der Waals surface area (Å²) < 4.78 is 40.0. The summed E-state index contributed by atoms with van der Waals surface area (Å²) in [7, 11) is 0. The molecule has 3 heterocycles. The third-order valence-corrected chi connectivity index (χ3v) is 5.49. The summed E-state index contributed by atoms with van der Waals surface area (Å²) in [5.41, 5.74) is 0.437. The van der Waals surface area contributed by atoms with Crippen LogP contribution in [0.3, 0.4) is 0 Å². The monoisotopic (exact) mass is 477 g/mol. The first-order chi connectivity index (χ1) is 15.6. The van der Waals surface area contributed by atoms with E-state index in [1.807, 2.05) is 20.8 Å². The maximum absolute atomic E-state index is 13.7. The molecule has 0 atom stereocenters. The third-order valence-electron chi connectivity index (χ3n) is 4.94. The Bertz CT molecular complexity index is 1160. The average molecular weight is 478 g/mol. The molecule has 8 nitrogen and oxygen atoms in total. The summed E-state index contributed by atoms with van der Waals surface area (Å²) in [5, 5.41) is 0.393. The molecule has 11 heteroatoms. The molecule has 0 bridgehead atoms. The van der Waals surface area contributed by atoms with E-state index in [2.05, 4.69) is 15.0 Å². The number of carbonyl (C=O) groups is 1. The Morgan fingerprint density at radius 3 is 2.61 bits per heavy atom. The molecule has 1 saturated heterocycles. The highest BCUT2D eigenvalue weighted by molar-refractivity contribution is 7.98. The second kappa shape index (κ2) is 9.12. The topological polar surface area (TPSA) is 82.4 Å². The SMILES string of the molecule is CSc1nc(OCC2CN(C(=O)OC(C)(C)C)C2)cc(-n2c(C(F)F)nc3ccccc32)n1. The lowest BCUT2D eigenvalue weighted by Crippen LogP contribution is -2.53. The van der Waals surface area contributed by atoms with Gasteiger partial charge in [0.25, 0.3) is 6.43 Å². The quantitative estimate of drug-likeness (QED) is 0.375. The van der Waals surface area contributed by atoms with Gasteiger partial charge in [-0.15, -0.1) is 0 Å². The van der Waals surface area contributed by atoms with Crippen LogP contribution in [0.1, 0.15) is 33.0 Å². The molecular formula is C22H25F2N5O3S. The summed E-state index contributed by atoms with van der Waals surface area (Å²) in [5.74, 6) is 0.273. The number of halogens is 2. The van der Waals surface area contributed by atoms with Crippen LogP contribution in [-0.4, -0.2) is 62.1 Å². The van der Waals surface area contributed by atoms with Crippen LogP contribution in [-0.2, 0) is 4.74 Å². The number of ether oxygens (including phenoxy) is 2. The van der Waals surface area contributed by atoms with Gasteiger partial charge in [0.1, 0.15) is 11.4 Å². The van der Waals surface area contributed by atoms with Gasteiger partial charge in [0.15, 0.2) is 11.0 Å². The molecule has 1 fully saturated rings. The van der Waals surface area contributed by atoms with Crippen LogP contribution < -0.4 is 4.74 Å². The van der Waals surface area contributed by atoms with Crippen LogP contribution in [0.25, 0.3) is 16.9 Å². The number of likely N-dealkylation sites (tertiary alicyclic amines) is 1. The average Bonchev–Trinajstić information content (AvgIpc) is 3.11. The molecule has 2 aromatic heterocycles. The van der Waals surface area contributed by atoms with Crippen molar-refractivity contribution in [2.75, 3.05) is 26.0 Å². The number of para-hydroxylation sites is 2. The summed E-state index contributed by atoms with van der Waals surface area (Å²) in [6.45, 7) is 6.84. The van der Waals surface area contributed by atoms with Crippen LogP contribution in [0.2, 0.25) is 0 Å². The number of hydrogen-bond acceptors (Lipinski definition) is 7. The fourth-order valence-corrected chi connectivity index (χ4v) is 3.82. The van der Waals surface area contributed by atoms with Gasteiger partial charge in [-0.05, 0) is 39.2 Å². The summed E-state index contributed by atoms with van der Waals surface area (Å²) in [6.07, 6.45) is -1.32. The van der Waals surface area contributed by atoms with Gasteiger partial charge < -0.3 is 14.4 Å². The van der Waals surface area contributed by atoms with Crippen molar-refractivity contribution in [3.63, 3.8) is 0 Å². The first kappa shape index (κ1) is 23.2. The molecule has 0 unspecified atom stereocenters. The number of thioether (sulfide) groups is 1. The predicted octanol–water partition coefficient (Wildman–Crippen LogP) is 4.72. The van der Waals surface area contributed by atoms with E-state index in [9.17, 15) is 13.6 Å². The lowest BCUT2D eigenvalue weighted by atomic mass is 10.0. The second-order valence-corrected chi connectivity index (χ2v) is 9.48. The van der Waals surface area contributed by atoms with Gasteiger partial charge in [-0.3, -0.25) is 4.57 Å². The fraction of sp³-hybridized carbons (Fsp3) is 0.455. The van der Waals surface area contributed by atoms with E-state index in [1.165, 1.54) is 22.4 Å². The number of fused-ring (bicyclic) bond motifs is 1. The van der Waals surface area contributed by atoms with E-state index in [1.54, 1.807) is 35.4 Å². The second-order valence-electron chi connectivity index (χ2n) is 8.71. The Balaban J connectivity index is 1.51. The molecule has 4 rings (SSSR count). The van der Waals surface area contributed by atoms with E-state index in [0.29, 0.717) is 35.9 Å². The van der Waals surface area contributed by atoms with E-state index in [0.717, 1.165) is 0 Å². The molecule has 0 saturated carbocycles. The van der Waals surface area contributed by atoms with Gasteiger partial charge in [0.2, 0.25) is 5.88 Å². The largest absolute Gasteiger partial charge is 0.477 e.